The Morgan fingerprint density at radius 3 is 2.74 bits per heavy atom. The van der Waals surface area contributed by atoms with E-state index < -0.39 is 22.0 Å². The highest BCUT2D eigenvalue weighted by Crippen LogP contribution is 2.24. The molecule has 2 rings (SSSR count). The molecule has 0 aliphatic carbocycles. The number of amides is 1. The first kappa shape index (κ1) is 13.4. The maximum absolute atomic E-state index is 12.1. The molecule has 2 aromatic rings. The second-order valence-electron chi connectivity index (χ2n) is 4.20. The highest BCUT2D eigenvalue weighted by atomic mass is 32.2. The van der Waals surface area contributed by atoms with Crippen molar-refractivity contribution < 1.29 is 13.2 Å². The van der Waals surface area contributed by atoms with Gasteiger partial charge in [0.15, 0.2) is 0 Å². The van der Waals surface area contributed by atoms with Gasteiger partial charge in [-0.25, -0.2) is 8.42 Å². The van der Waals surface area contributed by atoms with Crippen molar-refractivity contribution in [1.82, 2.24) is 9.71 Å². The summed E-state index contributed by atoms with van der Waals surface area (Å²) in [6.07, 6.45) is 1.35. The second kappa shape index (κ2) is 4.56. The van der Waals surface area contributed by atoms with E-state index in [0.29, 0.717) is 16.6 Å². The van der Waals surface area contributed by atoms with Gasteiger partial charge in [0.05, 0.1) is 6.04 Å². The number of aromatic nitrogens is 1. The van der Waals surface area contributed by atoms with Crippen LogP contribution in [0.25, 0.3) is 10.9 Å². The number of rotatable bonds is 4. The maximum Gasteiger partial charge on any atom is 0.243 e. The quantitative estimate of drug-likeness (QED) is 0.583. The Bertz CT molecular complexity index is 735. The average molecular weight is 282 g/mol. The molecular formula is C11H14N4O3S. The summed E-state index contributed by atoms with van der Waals surface area (Å²) in [5, 5.41) is 0.498. The number of aromatic amines is 1. The molecular weight excluding hydrogens is 268 g/mol. The largest absolute Gasteiger partial charge is 0.399 e. The molecule has 1 amide bonds. The van der Waals surface area contributed by atoms with Crippen LogP contribution in [0.4, 0.5) is 5.69 Å². The Hall–Kier alpha value is -2.06. The molecule has 102 valence electrons. The SMILES string of the molecule is CC(NS(=O)(=O)c1c[nH]c2cc(N)ccc12)C(N)=O. The van der Waals surface area contributed by atoms with Gasteiger partial charge in [0.25, 0.3) is 0 Å². The van der Waals surface area contributed by atoms with Crippen molar-refractivity contribution in [3.05, 3.63) is 24.4 Å². The van der Waals surface area contributed by atoms with Gasteiger partial charge in [-0.2, -0.15) is 4.72 Å². The number of carbonyl (C=O) groups is 1. The van der Waals surface area contributed by atoms with E-state index >= 15 is 0 Å². The minimum absolute atomic E-state index is 0.0515. The van der Waals surface area contributed by atoms with E-state index in [1.165, 1.54) is 13.1 Å². The van der Waals surface area contributed by atoms with Crippen LogP contribution in [-0.2, 0) is 14.8 Å². The molecule has 6 N–H and O–H groups in total. The van der Waals surface area contributed by atoms with Crippen molar-refractivity contribution in [2.24, 2.45) is 5.73 Å². The normalized spacial score (nSPS) is 13.5. The lowest BCUT2D eigenvalue weighted by Crippen LogP contribution is -2.42. The van der Waals surface area contributed by atoms with Crippen LogP contribution >= 0.6 is 0 Å². The summed E-state index contributed by atoms with van der Waals surface area (Å²) >= 11 is 0. The zero-order valence-electron chi connectivity index (χ0n) is 10.2. The Balaban J connectivity index is 2.46. The molecule has 1 unspecified atom stereocenters. The second-order valence-corrected chi connectivity index (χ2v) is 5.89. The molecule has 0 aliphatic rings. The highest BCUT2D eigenvalue weighted by Gasteiger charge is 2.23. The fourth-order valence-electron chi connectivity index (χ4n) is 1.69. The summed E-state index contributed by atoms with van der Waals surface area (Å²) in [4.78, 5) is 13.8. The van der Waals surface area contributed by atoms with Crippen LogP contribution < -0.4 is 16.2 Å². The van der Waals surface area contributed by atoms with E-state index in [1.54, 1.807) is 18.2 Å². The van der Waals surface area contributed by atoms with Gasteiger partial charge in [0.2, 0.25) is 15.9 Å². The average Bonchev–Trinajstić information content (AvgIpc) is 2.71. The third-order valence-corrected chi connectivity index (χ3v) is 4.30. The summed E-state index contributed by atoms with van der Waals surface area (Å²) in [6.45, 7) is 1.38. The summed E-state index contributed by atoms with van der Waals surface area (Å²) in [5.74, 6) is -0.743. The van der Waals surface area contributed by atoms with Crippen molar-refractivity contribution >= 4 is 32.5 Å². The zero-order chi connectivity index (χ0) is 14.2. The zero-order valence-corrected chi connectivity index (χ0v) is 11.0. The molecule has 0 spiro atoms. The van der Waals surface area contributed by atoms with Gasteiger partial charge in [-0.15, -0.1) is 0 Å². The van der Waals surface area contributed by atoms with Crippen molar-refractivity contribution in [2.75, 3.05) is 5.73 Å². The van der Waals surface area contributed by atoms with E-state index in [4.69, 9.17) is 11.5 Å². The number of nitrogens with two attached hydrogens (primary N) is 2. The smallest absolute Gasteiger partial charge is 0.243 e. The van der Waals surface area contributed by atoms with Crippen LogP contribution in [-0.4, -0.2) is 25.4 Å². The van der Waals surface area contributed by atoms with Gasteiger partial charge >= 0.3 is 0 Å². The Labute approximate surface area is 110 Å². The number of hydrogen-bond acceptors (Lipinski definition) is 4. The summed E-state index contributed by atoms with van der Waals surface area (Å²) < 4.78 is 26.5. The van der Waals surface area contributed by atoms with Gasteiger partial charge in [-0.05, 0) is 25.1 Å². The van der Waals surface area contributed by atoms with Gasteiger partial charge in [-0.1, -0.05) is 0 Å². The fourth-order valence-corrected chi connectivity index (χ4v) is 3.08. The molecule has 1 atom stereocenters. The number of anilines is 1. The number of benzene rings is 1. The first-order valence-corrected chi connectivity index (χ1v) is 6.98. The summed E-state index contributed by atoms with van der Waals surface area (Å²) in [7, 11) is -3.82. The molecule has 0 bridgehead atoms. The van der Waals surface area contributed by atoms with Crippen LogP contribution in [0.2, 0.25) is 0 Å². The monoisotopic (exact) mass is 282 g/mol. The number of H-pyrrole nitrogens is 1. The number of nitrogens with one attached hydrogen (secondary N) is 2. The lowest BCUT2D eigenvalue weighted by molar-refractivity contribution is -0.119. The number of hydrogen-bond donors (Lipinski definition) is 4. The van der Waals surface area contributed by atoms with Crippen LogP contribution in [0.3, 0.4) is 0 Å². The molecule has 1 aromatic carbocycles. The van der Waals surface area contributed by atoms with E-state index in [0.717, 1.165) is 0 Å². The van der Waals surface area contributed by atoms with Gasteiger partial charge in [-0.3, -0.25) is 4.79 Å². The number of fused-ring (bicyclic) bond motifs is 1. The molecule has 7 nitrogen and oxygen atoms in total. The fraction of sp³-hybridized carbons (Fsp3) is 0.182. The van der Waals surface area contributed by atoms with Gasteiger partial charge in [0, 0.05) is 22.8 Å². The van der Waals surface area contributed by atoms with Crippen molar-refractivity contribution in [3.8, 4) is 0 Å². The predicted octanol–water partition coefficient (Wildman–Crippen LogP) is -0.0978. The van der Waals surface area contributed by atoms with Crippen molar-refractivity contribution in [1.29, 1.82) is 0 Å². The number of nitrogen functional groups attached to an aromatic ring is 1. The van der Waals surface area contributed by atoms with Gasteiger partial charge < -0.3 is 16.5 Å². The molecule has 0 saturated carbocycles. The number of sulfonamides is 1. The molecule has 0 aliphatic heterocycles. The summed E-state index contributed by atoms with van der Waals surface area (Å²) in [6, 6.07) is 3.85. The number of carbonyl (C=O) groups excluding carboxylic acids is 1. The maximum atomic E-state index is 12.1. The van der Waals surface area contributed by atoms with Crippen molar-refractivity contribution in [2.45, 2.75) is 17.9 Å². The third-order valence-electron chi connectivity index (χ3n) is 2.72. The Kier molecular flexibility index (Phi) is 3.21. The molecule has 0 radical (unpaired) electrons. The topological polar surface area (TPSA) is 131 Å². The van der Waals surface area contributed by atoms with Gasteiger partial charge in [0.1, 0.15) is 4.90 Å². The third kappa shape index (κ3) is 2.54. The van der Waals surface area contributed by atoms with E-state index in [1.807, 2.05) is 0 Å². The molecule has 1 aromatic heterocycles. The number of primary amides is 1. The van der Waals surface area contributed by atoms with Crippen LogP contribution in [0.1, 0.15) is 6.92 Å². The lowest BCUT2D eigenvalue weighted by atomic mass is 10.2. The first-order chi connectivity index (χ1) is 8.81. The molecule has 0 saturated heterocycles. The van der Waals surface area contributed by atoms with Crippen LogP contribution in [0.15, 0.2) is 29.3 Å². The Morgan fingerprint density at radius 2 is 2.11 bits per heavy atom. The summed E-state index contributed by atoms with van der Waals surface area (Å²) in [5.41, 5.74) is 11.8. The predicted molar refractivity (Wildman–Crippen MR) is 71.7 cm³/mol. The highest BCUT2D eigenvalue weighted by molar-refractivity contribution is 7.89. The van der Waals surface area contributed by atoms with E-state index in [-0.39, 0.29) is 4.90 Å². The lowest BCUT2D eigenvalue weighted by Gasteiger charge is -2.10. The first-order valence-electron chi connectivity index (χ1n) is 5.49. The van der Waals surface area contributed by atoms with E-state index in [9.17, 15) is 13.2 Å². The molecule has 8 heteroatoms. The van der Waals surface area contributed by atoms with Crippen LogP contribution in [0, 0.1) is 0 Å². The van der Waals surface area contributed by atoms with Crippen LogP contribution in [0.5, 0.6) is 0 Å². The molecule has 1 heterocycles. The molecule has 19 heavy (non-hydrogen) atoms. The minimum Gasteiger partial charge on any atom is -0.399 e. The van der Waals surface area contributed by atoms with E-state index in [2.05, 4.69) is 9.71 Å². The standard InChI is InChI=1S/C11H14N4O3S/c1-6(11(13)16)15-19(17,18)10-5-14-9-4-7(12)2-3-8(9)10/h2-6,14-15H,12H2,1H3,(H2,13,16). The van der Waals surface area contributed by atoms with Crippen molar-refractivity contribution in [3.63, 3.8) is 0 Å². The minimum atomic E-state index is -3.82. The molecule has 0 fully saturated rings. The Morgan fingerprint density at radius 1 is 1.42 bits per heavy atom.